The van der Waals surface area contributed by atoms with E-state index in [2.05, 4.69) is 21.4 Å². The number of pyridine rings is 2. The maximum atomic E-state index is 12.7. The molecule has 1 atom stereocenters. The van der Waals surface area contributed by atoms with Crippen LogP contribution in [0.1, 0.15) is 34.8 Å². The van der Waals surface area contributed by atoms with Crippen LogP contribution in [0.4, 0.5) is 5.82 Å². The summed E-state index contributed by atoms with van der Waals surface area (Å²) in [7, 11) is 0. The molecule has 26 heavy (non-hydrogen) atoms. The third kappa shape index (κ3) is 3.23. The van der Waals surface area contributed by atoms with Gasteiger partial charge in [0.15, 0.2) is 0 Å². The Bertz CT molecular complexity index is 936. The number of benzene rings is 1. The first-order chi connectivity index (χ1) is 12.6. The lowest BCUT2D eigenvalue weighted by atomic mass is 9.75. The molecule has 2 heterocycles. The Morgan fingerprint density at radius 1 is 1.15 bits per heavy atom. The zero-order valence-electron chi connectivity index (χ0n) is 14.2. The fraction of sp³-hybridized carbons (Fsp3) is 0.250. The molecule has 0 bridgehead atoms. The molecule has 1 unspecified atom stereocenters. The Balaban J connectivity index is 1.63. The maximum absolute atomic E-state index is 12.7. The Hall–Kier alpha value is -2.99. The molecule has 1 amide bonds. The van der Waals surface area contributed by atoms with Gasteiger partial charge in [-0.1, -0.05) is 18.2 Å². The molecule has 0 saturated heterocycles. The molecule has 1 fully saturated rings. The summed E-state index contributed by atoms with van der Waals surface area (Å²) >= 11 is 0. The second-order valence-corrected chi connectivity index (χ2v) is 6.77. The largest absolute Gasteiger partial charge is 0.393 e. The fourth-order valence-electron chi connectivity index (χ4n) is 3.40. The first kappa shape index (κ1) is 16.5. The van der Waals surface area contributed by atoms with E-state index >= 15 is 0 Å². The van der Waals surface area contributed by atoms with Crippen LogP contribution in [0.3, 0.4) is 0 Å². The Kier molecular flexibility index (Phi) is 4.26. The van der Waals surface area contributed by atoms with Gasteiger partial charge in [-0.05, 0) is 48.6 Å². The number of aliphatic hydroxyl groups excluding tert-OH is 1. The normalized spacial score (nSPS) is 20.3. The number of carbonyl (C=O) groups excluding carboxylic acids is 1. The van der Waals surface area contributed by atoms with Crippen LogP contribution in [0.5, 0.6) is 0 Å². The van der Waals surface area contributed by atoms with Crippen LogP contribution in [-0.2, 0) is 0 Å². The molecule has 0 spiro atoms. The standard InChI is InChI=1S/C20H20N4O2/c21-18-6-5-13(10-23-18)20(26)24-19(14-8-16(25)9-14)15-7-12-3-1-2-4-17(12)22-11-15/h1-7,10-11,14,16,19,25H,8-9H2,(H2,21,23)(H,24,26). The molecule has 4 N–H and O–H groups in total. The molecule has 0 aliphatic heterocycles. The SMILES string of the molecule is Nc1ccc(C(=O)NC(c2cnc3ccccc3c2)C2CC(O)C2)cn1. The monoisotopic (exact) mass is 348 g/mol. The first-order valence-electron chi connectivity index (χ1n) is 8.65. The molecule has 2 aromatic heterocycles. The predicted octanol–water partition coefficient (Wildman–Crippen LogP) is 2.45. The van der Waals surface area contributed by atoms with Crippen LogP contribution in [0.15, 0.2) is 54.9 Å². The summed E-state index contributed by atoms with van der Waals surface area (Å²) < 4.78 is 0. The summed E-state index contributed by atoms with van der Waals surface area (Å²) in [5.74, 6) is 0.342. The number of hydrogen-bond donors (Lipinski definition) is 3. The van der Waals surface area contributed by atoms with Gasteiger partial charge in [0.2, 0.25) is 0 Å². The minimum absolute atomic E-state index is 0.179. The highest BCUT2D eigenvalue weighted by Crippen LogP contribution is 2.38. The lowest BCUT2D eigenvalue weighted by Crippen LogP contribution is -2.41. The molecule has 132 valence electrons. The summed E-state index contributed by atoms with van der Waals surface area (Å²) in [6, 6.07) is 13.0. The van der Waals surface area contributed by atoms with Crippen molar-refractivity contribution >= 4 is 22.6 Å². The summed E-state index contributed by atoms with van der Waals surface area (Å²) in [6.45, 7) is 0. The number of aliphatic hydroxyl groups is 1. The van der Waals surface area contributed by atoms with Crippen molar-refractivity contribution < 1.29 is 9.90 Å². The second kappa shape index (κ2) is 6.72. The molecule has 6 nitrogen and oxygen atoms in total. The van der Waals surface area contributed by atoms with Gasteiger partial charge in [-0.2, -0.15) is 0 Å². The van der Waals surface area contributed by atoms with Crippen LogP contribution in [-0.4, -0.2) is 27.1 Å². The molecule has 3 aromatic rings. The lowest BCUT2D eigenvalue weighted by Gasteiger charge is -2.38. The number of anilines is 1. The van der Waals surface area contributed by atoms with Crippen LogP contribution < -0.4 is 11.1 Å². The zero-order chi connectivity index (χ0) is 18.1. The number of para-hydroxylation sites is 1. The highest BCUT2D eigenvalue weighted by Gasteiger charge is 2.36. The van der Waals surface area contributed by atoms with Gasteiger partial charge in [0, 0.05) is 17.8 Å². The van der Waals surface area contributed by atoms with E-state index in [1.165, 1.54) is 6.20 Å². The molecule has 0 radical (unpaired) electrons. The summed E-state index contributed by atoms with van der Waals surface area (Å²) in [6.07, 6.45) is 4.30. The maximum Gasteiger partial charge on any atom is 0.253 e. The van der Waals surface area contributed by atoms with E-state index in [0.29, 0.717) is 24.2 Å². The lowest BCUT2D eigenvalue weighted by molar-refractivity contribution is 0.0235. The van der Waals surface area contributed by atoms with Crippen molar-refractivity contribution in [2.75, 3.05) is 5.73 Å². The van der Waals surface area contributed by atoms with Crippen molar-refractivity contribution in [1.82, 2.24) is 15.3 Å². The average Bonchev–Trinajstić information content (AvgIpc) is 2.64. The van der Waals surface area contributed by atoms with Crippen molar-refractivity contribution in [2.45, 2.75) is 25.0 Å². The quantitative estimate of drug-likeness (QED) is 0.672. The first-order valence-corrected chi connectivity index (χ1v) is 8.65. The average molecular weight is 348 g/mol. The molecule has 1 aliphatic carbocycles. The van der Waals surface area contributed by atoms with Crippen LogP contribution in [0.2, 0.25) is 0 Å². The minimum atomic E-state index is -0.300. The van der Waals surface area contributed by atoms with E-state index in [1.807, 2.05) is 24.3 Å². The van der Waals surface area contributed by atoms with Crippen LogP contribution in [0, 0.1) is 5.92 Å². The molecule has 1 aliphatic rings. The van der Waals surface area contributed by atoms with Gasteiger partial charge in [-0.15, -0.1) is 0 Å². The molecule has 1 aromatic carbocycles. The molecule has 6 heteroatoms. The van der Waals surface area contributed by atoms with Crippen molar-refractivity contribution in [3.05, 3.63) is 66.0 Å². The summed E-state index contributed by atoms with van der Waals surface area (Å²) in [5.41, 5.74) is 7.90. The third-order valence-electron chi connectivity index (χ3n) is 4.93. The van der Waals surface area contributed by atoms with Gasteiger partial charge in [-0.25, -0.2) is 4.98 Å². The number of fused-ring (bicyclic) bond motifs is 1. The van der Waals surface area contributed by atoms with Crippen LogP contribution >= 0.6 is 0 Å². The van der Waals surface area contributed by atoms with Gasteiger partial charge in [-0.3, -0.25) is 9.78 Å². The number of nitrogens with two attached hydrogens (primary N) is 1. The molecule has 1 saturated carbocycles. The number of nitrogens with zero attached hydrogens (tertiary/aromatic N) is 2. The van der Waals surface area contributed by atoms with Crippen LogP contribution in [0.25, 0.3) is 10.9 Å². The van der Waals surface area contributed by atoms with Gasteiger partial charge in [0.1, 0.15) is 5.82 Å². The number of aromatic nitrogens is 2. The topological polar surface area (TPSA) is 101 Å². The Morgan fingerprint density at radius 2 is 1.96 bits per heavy atom. The van der Waals surface area contributed by atoms with Gasteiger partial charge in [0.25, 0.3) is 5.91 Å². The third-order valence-corrected chi connectivity index (χ3v) is 4.93. The van der Waals surface area contributed by atoms with Crippen molar-refractivity contribution in [1.29, 1.82) is 0 Å². The van der Waals surface area contributed by atoms with Crippen molar-refractivity contribution in [3.63, 3.8) is 0 Å². The predicted molar refractivity (Wildman–Crippen MR) is 99.3 cm³/mol. The van der Waals surface area contributed by atoms with E-state index in [1.54, 1.807) is 18.3 Å². The number of carbonyl (C=O) groups is 1. The molecular formula is C20H20N4O2. The number of hydrogen-bond acceptors (Lipinski definition) is 5. The molecule has 4 rings (SSSR count). The zero-order valence-corrected chi connectivity index (χ0v) is 14.2. The van der Waals surface area contributed by atoms with E-state index in [4.69, 9.17) is 5.73 Å². The number of nitrogens with one attached hydrogen (secondary N) is 1. The summed E-state index contributed by atoms with van der Waals surface area (Å²) in [4.78, 5) is 21.1. The van der Waals surface area contributed by atoms with E-state index in [9.17, 15) is 9.90 Å². The smallest absolute Gasteiger partial charge is 0.253 e. The van der Waals surface area contributed by atoms with E-state index in [0.717, 1.165) is 16.5 Å². The van der Waals surface area contributed by atoms with E-state index in [-0.39, 0.29) is 24.0 Å². The number of rotatable bonds is 4. The molecular weight excluding hydrogens is 328 g/mol. The van der Waals surface area contributed by atoms with Gasteiger partial charge >= 0.3 is 0 Å². The fourth-order valence-corrected chi connectivity index (χ4v) is 3.40. The highest BCUT2D eigenvalue weighted by molar-refractivity contribution is 5.94. The van der Waals surface area contributed by atoms with Crippen molar-refractivity contribution in [3.8, 4) is 0 Å². The van der Waals surface area contributed by atoms with Gasteiger partial charge < -0.3 is 16.2 Å². The Morgan fingerprint density at radius 3 is 2.69 bits per heavy atom. The highest BCUT2D eigenvalue weighted by atomic mass is 16.3. The van der Waals surface area contributed by atoms with E-state index < -0.39 is 0 Å². The minimum Gasteiger partial charge on any atom is -0.393 e. The number of nitrogen functional groups attached to an aromatic ring is 1. The Labute approximate surface area is 151 Å². The van der Waals surface area contributed by atoms with Gasteiger partial charge in [0.05, 0.1) is 23.2 Å². The second-order valence-electron chi connectivity index (χ2n) is 6.77. The number of amides is 1. The van der Waals surface area contributed by atoms with Crippen molar-refractivity contribution in [2.24, 2.45) is 5.92 Å². The summed E-state index contributed by atoms with van der Waals surface area (Å²) in [5, 5.41) is 13.8.